The number of nitrogens with zero attached hydrogens (tertiary/aromatic N) is 2. The highest BCUT2D eigenvalue weighted by Crippen LogP contribution is 2.26. The second kappa shape index (κ2) is 12.3. The molecule has 0 saturated carbocycles. The first-order valence-electron chi connectivity index (χ1n) is 10.9. The Labute approximate surface area is 215 Å². The Balaban J connectivity index is 1.83. The fourth-order valence-corrected chi connectivity index (χ4v) is 3.33. The highest BCUT2D eigenvalue weighted by Gasteiger charge is 2.28. The number of nitrogens with one attached hydrogen (secondary N) is 1. The van der Waals surface area contributed by atoms with Crippen LogP contribution in [0.15, 0.2) is 53.1 Å². The highest BCUT2D eigenvalue weighted by atomic mass is 35.5. The smallest absolute Gasteiger partial charge is 0.346 e. The van der Waals surface area contributed by atoms with E-state index in [4.69, 9.17) is 31.3 Å². The zero-order chi connectivity index (χ0) is 27.1. The molecule has 37 heavy (non-hydrogen) atoms. The standard InChI is InChI=1S/C24H24ClFN4O7/c1-13(27)24(34)36-20(23(32)33)12-30(28-22(31)19-10-21(35-2)29-37-19)11-14-3-5-15(6-4-14)17-9-16(25)7-8-18(17)26/h3-10,13,20H,11-12,27H2,1-2H3,(H,28,31)(H,32,33)/t13-,20+/m0/s1. The van der Waals surface area contributed by atoms with Crippen molar-refractivity contribution in [3.8, 4) is 17.0 Å². The molecule has 11 nitrogen and oxygen atoms in total. The summed E-state index contributed by atoms with van der Waals surface area (Å²) in [4.78, 5) is 36.4. The van der Waals surface area contributed by atoms with Gasteiger partial charge in [0.2, 0.25) is 11.9 Å². The molecule has 0 bridgehead atoms. The Morgan fingerprint density at radius 3 is 2.51 bits per heavy atom. The molecule has 4 N–H and O–H groups in total. The van der Waals surface area contributed by atoms with E-state index in [1.807, 2.05) is 0 Å². The van der Waals surface area contributed by atoms with Crippen LogP contribution in [0.4, 0.5) is 4.39 Å². The lowest BCUT2D eigenvalue weighted by Crippen LogP contribution is -2.49. The van der Waals surface area contributed by atoms with Gasteiger partial charge in [0.15, 0.2) is 0 Å². The molecule has 3 aromatic rings. The fraction of sp³-hybridized carbons (Fsp3) is 0.250. The van der Waals surface area contributed by atoms with Crippen molar-refractivity contribution >= 4 is 29.4 Å². The minimum absolute atomic E-state index is 0.0190. The van der Waals surface area contributed by atoms with Crippen molar-refractivity contribution < 1.29 is 37.9 Å². The van der Waals surface area contributed by atoms with Gasteiger partial charge in [0.25, 0.3) is 5.88 Å². The normalized spacial score (nSPS) is 12.6. The first-order valence-corrected chi connectivity index (χ1v) is 11.2. The van der Waals surface area contributed by atoms with Crippen LogP contribution in [-0.2, 0) is 20.9 Å². The van der Waals surface area contributed by atoms with Gasteiger partial charge in [-0.3, -0.25) is 15.0 Å². The summed E-state index contributed by atoms with van der Waals surface area (Å²) in [5.41, 5.74) is 9.46. The van der Waals surface area contributed by atoms with Gasteiger partial charge in [-0.1, -0.05) is 35.9 Å². The molecule has 1 heterocycles. The molecule has 0 aliphatic rings. The maximum atomic E-state index is 14.2. The van der Waals surface area contributed by atoms with Crippen LogP contribution in [0.2, 0.25) is 5.02 Å². The summed E-state index contributed by atoms with van der Waals surface area (Å²) in [6, 6.07) is 11.0. The maximum absolute atomic E-state index is 14.2. The molecule has 13 heteroatoms. The van der Waals surface area contributed by atoms with Gasteiger partial charge >= 0.3 is 17.8 Å². The molecule has 0 radical (unpaired) electrons. The molecule has 2 atom stereocenters. The van der Waals surface area contributed by atoms with Crippen LogP contribution >= 0.6 is 11.6 Å². The molecule has 3 rings (SSSR count). The monoisotopic (exact) mass is 534 g/mol. The Bertz CT molecular complexity index is 1270. The molecule has 0 saturated heterocycles. The van der Waals surface area contributed by atoms with Gasteiger partial charge < -0.3 is 24.8 Å². The summed E-state index contributed by atoms with van der Waals surface area (Å²) < 4.78 is 29.0. The Hall–Kier alpha value is -4.00. The largest absolute Gasteiger partial charge is 0.479 e. The number of hydrogen-bond acceptors (Lipinski definition) is 9. The van der Waals surface area contributed by atoms with Gasteiger partial charge in [0.1, 0.15) is 11.9 Å². The van der Waals surface area contributed by atoms with Crippen molar-refractivity contribution in [3.05, 3.63) is 70.7 Å². The summed E-state index contributed by atoms with van der Waals surface area (Å²) in [5.74, 6) is -3.71. The van der Waals surface area contributed by atoms with Crippen LogP contribution in [0.25, 0.3) is 11.1 Å². The average molecular weight is 535 g/mol. The quantitative estimate of drug-likeness (QED) is 0.247. The lowest BCUT2D eigenvalue weighted by molar-refractivity contribution is -0.166. The number of rotatable bonds is 11. The zero-order valence-electron chi connectivity index (χ0n) is 19.8. The summed E-state index contributed by atoms with van der Waals surface area (Å²) in [5, 5.41) is 14.7. The molecule has 0 aliphatic heterocycles. The van der Waals surface area contributed by atoms with E-state index in [2.05, 4.69) is 10.6 Å². The van der Waals surface area contributed by atoms with Crippen LogP contribution in [0.1, 0.15) is 23.0 Å². The number of amides is 1. The third-order valence-corrected chi connectivity index (χ3v) is 5.27. The number of methoxy groups -OCH3 is 1. The molecular formula is C24H24ClFN4O7. The van der Waals surface area contributed by atoms with Gasteiger partial charge in [-0.25, -0.2) is 14.2 Å². The van der Waals surface area contributed by atoms with Crippen LogP contribution in [0, 0.1) is 5.82 Å². The number of hydrazine groups is 1. The summed E-state index contributed by atoms with van der Waals surface area (Å²) in [6.45, 7) is 0.896. The van der Waals surface area contributed by atoms with E-state index in [0.29, 0.717) is 21.7 Å². The SMILES string of the molecule is COc1cc(C(=O)NN(Cc2ccc(-c3cc(Cl)ccc3F)cc2)C[C@@H](OC(=O)[C@H](C)N)C(=O)O)on1. The van der Waals surface area contributed by atoms with Crippen LogP contribution in [0.5, 0.6) is 5.88 Å². The van der Waals surface area contributed by atoms with Crippen molar-refractivity contribution in [1.29, 1.82) is 0 Å². The molecule has 0 unspecified atom stereocenters. The minimum atomic E-state index is -1.65. The average Bonchev–Trinajstić information content (AvgIpc) is 3.35. The Kier molecular flexibility index (Phi) is 9.17. The van der Waals surface area contributed by atoms with Crippen molar-refractivity contribution in [2.45, 2.75) is 25.6 Å². The van der Waals surface area contributed by atoms with Crippen LogP contribution in [-0.4, -0.2) is 58.9 Å². The summed E-state index contributed by atoms with van der Waals surface area (Å²) in [7, 11) is 1.34. The maximum Gasteiger partial charge on any atom is 0.346 e. The topological polar surface area (TPSA) is 157 Å². The van der Waals surface area contributed by atoms with E-state index in [1.54, 1.807) is 24.3 Å². The molecule has 1 aromatic heterocycles. The van der Waals surface area contributed by atoms with E-state index >= 15 is 0 Å². The number of hydrogen-bond donors (Lipinski definition) is 3. The molecule has 2 aromatic carbocycles. The molecule has 0 aliphatic carbocycles. The van der Waals surface area contributed by atoms with Gasteiger partial charge in [-0.2, -0.15) is 0 Å². The number of aliphatic carboxylic acids is 1. The number of carboxylic acid groups (broad SMARTS) is 1. The molecule has 0 fully saturated rings. The second-order valence-electron chi connectivity index (χ2n) is 7.93. The number of benzene rings is 2. The number of nitrogens with two attached hydrogens (primary N) is 1. The predicted molar refractivity (Wildman–Crippen MR) is 129 cm³/mol. The minimum Gasteiger partial charge on any atom is -0.479 e. The summed E-state index contributed by atoms with van der Waals surface area (Å²) in [6.07, 6.45) is -1.65. The van der Waals surface area contributed by atoms with Crippen LogP contribution < -0.4 is 15.9 Å². The second-order valence-corrected chi connectivity index (χ2v) is 8.36. The molecular weight excluding hydrogens is 511 g/mol. The number of halogens is 2. The van der Waals surface area contributed by atoms with E-state index in [1.165, 1.54) is 43.3 Å². The Morgan fingerprint density at radius 1 is 1.22 bits per heavy atom. The lowest BCUT2D eigenvalue weighted by atomic mass is 10.0. The highest BCUT2D eigenvalue weighted by molar-refractivity contribution is 6.30. The Morgan fingerprint density at radius 2 is 1.92 bits per heavy atom. The number of carboxylic acids is 1. The van der Waals surface area contributed by atoms with Gasteiger partial charge in [0, 0.05) is 17.1 Å². The van der Waals surface area contributed by atoms with Gasteiger partial charge in [0.05, 0.1) is 19.7 Å². The van der Waals surface area contributed by atoms with Crippen molar-refractivity contribution in [1.82, 2.24) is 15.6 Å². The molecule has 0 spiro atoms. The lowest BCUT2D eigenvalue weighted by Gasteiger charge is -2.26. The number of carbonyl (C=O) groups is 3. The third-order valence-electron chi connectivity index (χ3n) is 5.04. The molecule has 196 valence electrons. The van der Waals surface area contributed by atoms with Crippen molar-refractivity contribution in [2.75, 3.05) is 13.7 Å². The predicted octanol–water partition coefficient (Wildman–Crippen LogP) is 2.63. The van der Waals surface area contributed by atoms with Gasteiger partial charge in [-0.05, 0) is 41.4 Å². The number of esters is 1. The van der Waals surface area contributed by atoms with E-state index in [-0.39, 0.29) is 18.2 Å². The zero-order valence-corrected chi connectivity index (χ0v) is 20.6. The number of carbonyl (C=O) groups excluding carboxylic acids is 2. The van der Waals surface area contributed by atoms with Gasteiger partial charge in [-0.15, -0.1) is 0 Å². The third kappa shape index (κ3) is 7.49. The number of ether oxygens (including phenoxy) is 2. The first-order chi connectivity index (χ1) is 17.6. The first kappa shape index (κ1) is 27.6. The fourth-order valence-electron chi connectivity index (χ4n) is 3.15. The van der Waals surface area contributed by atoms with E-state index < -0.39 is 42.4 Å². The number of aromatic nitrogens is 1. The van der Waals surface area contributed by atoms with Crippen molar-refractivity contribution in [2.24, 2.45) is 5.73 Å². The van der Waals surface area contributed by atoms with Crippen molar-refractivity contribution in [3.63, 3.8) is 0 Å². The van der Waals surface area contributed by atoms with Crippen LogP contribution in [0.3, 0.4) is 0 Å². The van der Waals surface area contributed by atoms with E-state index in [9.17, 15) is 23.9 Å². The summed E-state index contributed by atoms with van der Waals surface area (Å²) >= 11 is 5.98. The molecule has 1 amide bonds. The van der Waals surface area contributed by atoms with E-state index in [0.717, 1.165) is 0 Å².